The lowest BCUT2D eigenvalue weighted by Gasteiger charge is -2.17. The number of alkyl halides is 1. The Morgan fingerprint density at radius 3 is 3.00 bits per heavy atom. The maximum absolute atomic E-state index is 11.8. The number of rotatable bonds is 2. The van der Waals surface area contributed by atoms with E-state index in [0.29, 0.717) is 12.3 Å². The molecule has 1 aromatic heterocycles. The quantitative estimate of drug-likeness (QED) is 0.615. The molecule has 1 fully saturated rings. The highest BCUT2D eigenvalue weighted by atomic mass is 79.9. The second kappa shape index (κ2) is 4.61. The standard InChI is InChI=1S/C10H10Br2N2O/c11-5-7-4-9(15)14(6-7)8-2-1-3-13-10(8)12/h1-3,7H,4-6H2. The maximum Gasteiger partial charge on any atom is 0.227 e. The molecule has 3 nitrogen and oxygen atoms in total. The SMILES string of the molecule is O=C1CC(CBr)CN1c1cccnc1Br. The van der Waals surface area contributed by atoms with Crippen molar-refractivity contribution in [2.75, 3.05) is 16.8 Å². The van der Waals surface area contributed by atoms with Crippen LogP contribution in [0.4, 0.5) is 5.69 Å². The van der Waals surface area contributed by atoms with Gasteiger partial charge in [-0.25, -0.2) is 4.98 Å². The van der Waals surface area contributed by atoms with Crippen molar-refractivity contribution >= 4 is 43.5 Å². The molecule has 1 aliphatic heterocycles. The number of hydrogen-bond acceptors (Lipinski definition) is 2. The highest BCUT2D eigenvalue weighted by molar-refractivity contribution is 9.10. The van der Waals surface area contributed by atoms with E-state index in [9.17, 15) is 4.79 Å². The van der Waals surface area contributed by atoms with E-state index in [-0.39, 0.29) is 5.91 Å². The first-order valence-corrected chi connectivity index (χ1v) is 6.60. The molecule has 0 radical (unpaired) electrons. The molecule has 1 saturated heterocycles. The average molecular weight is 334 g/mol. The monoisotopic (exact) mass is 332 g/mol. The Bertz CT molecular complexity index is 383. The number of anilines is 1. The molecule has 0 bridgehead atoms. The highest BCUT2D eigenvalue weighted by Gasteiger charge is 2.30. The van der Waals surface area contributed by atoms with Gasteiger partial charge in [0.05, 0.1) is 5.69 Å². The average Bonchev–Trinajstić information content (AvgIpc) is 2.60. The van der Waals surface area contributed by atoms with E-state index < -0.39 is 0 Å². The lowest BCUT2D eigenvalue weighted by molar-refractivity contribution is -0.117. The van der Waals surface area contributed by atoms with Gasteiger partial charge in [0.1, 0.15) is 4.60 Å². The number of hydrogen-bond donors (Lipinski definition) is 0. The van der Waals surface area contributed by atoms with Crippen LogP contribution in [0.15, 0.2) is 22.9 Å². The Morgan fingerprint density at radius 2 is 2.40 bits per heavy atom. The molecule has 0 spiro atoms. The molecule has 5 heteroatoms. The number of halogens is 2. The molecular formula is C10H10Br2N2O. The topological polar surface area (TPSA) is 33.2 Å². The Kier molecular flexibility index (Phi) is 3.41. The number of nitrogens with zero attached hydrogens (tertiary/aromatic N) is 2. The van der Waals surface area contributed by atoms with Crippen LogP contribution in [0.5, 0.6) is 0 Å². The van der Waals surface area contributed by atoms with Gasteiger partial charge in [0.2, 0.25) is 5.91 Å². The van der Waals surface area contributed by atoms with Crippen LogP contribution < -0.4 is 4.90 Å². The summed E-state index contributed by atoms with van der Waals surface area (Å²) in [6.45, 7) is 0.772. The van der Waals surface area contributed by atoms with Crippen LogP contribution in [0.3, 0.4) is 0 Å². The molecule has 1 unspecified atom stereocenters. The first-order valence-electron chi connectivity index (χ1n) is 4.69. The molecule has 80 valence electrons. The van der Waals surface area contributed by atoms with E-state index in [1.807, 2.05) is 12.1 Å². The number of carbonyl (C=O) groups excluding carboxylic acids is 1. The summed E-state index contributed by atoms with van der Waals surface area (Å²) < 4.78 is 0.730. The third-order valence-corrected chi connectivity index (χ3v) is 3.98. The molecule has 2 rings (SSSR count). The predicted octanol–water partition coefficient (Wildman–Crippen LogP) is 2.59. The highest BCUT2D eigenvalue weighted by Crippen LogP contribution is 2.30. The summed E-state index contributed by atoms with van der Waals surface area (Å²) in [5, 5.41) is 0.868. The second-order valence-corrected chi connectivity index (χ2v) is 4.94. The second-order valence-electron chi connectivity index (χ2n) is 3.54. The van der Waals surface area contributed by atoms with Crippen molar-refractivity contribution < 1.29 is 4.79 Å². The number of carbonyl (C=O) groups is 1. The fraction of sp³-hybridized carbons (Fsp3) is 0.400. The van der Waals surface area contributed by atoms with Crippen molar-refractivity contribution in [1.82, 2.24) is 4.98 Å². The lowest BCUT2D eigenvalue weighted by Crippen LogP contribution is -2.25. The van der Waals surface area contributed by atoms with Crippen LogP contribution in [0.2, 0.25) is 0 Å². The van der Waals surface area contributed by atoms with Crippen LogP contribution >= 0.6 is 31.9 Å². The van der Waals surface area contributed by atoms with Gasteiger partial charge in [0.15, 0.2) is 0 Å². The van der Waals surface area contributed by atoms with Crippen LogP contribution in [-0.2, 0) is 4.79 Å². The molecule has 15 heavy (non-hydrogen) atoms. The zero-order valence-corrected chi connectivity index (χ0v) is 11.2. The van der Waals surface area contributed by atoms with Gasteiger partial charge in [-0.2, -0.15) is 0 Å². The first kappa shape index (κ1) is 11.1. The number of aromatic nitrogens is 1. The third-order valence-electron chi connectivity index (χ3n) is 2.45. The van der Waals surface area contributed by atoms with Gasteiger partial charge in [-0.15, -0.1) is 0 Å². The summed E-state index contributed by atoms with van der Waals surface area (Å²) in [5.74, 6) is 0.581. The fourth-order valence-corrected chi connectivity index (χ4v) is 2.59. The number of amides is 1. The Hall–Kier alpha value is -0.420. The summed E-state index contributed by atoms with van der Waals surface area (Å²) in [6, 6.07) is 3.75. The van der Waals surface area contributed by atoms with E-state index in [2.05, 4.69) is 36.8 Å². The Balaban J connectivity index is 2.25. The Morgan fingerprint density at radius 1 is 1.60 bits per heavy atom. The van der Waals surface area contributed by atoms with E-state index in [0.717, 1.165) is 22.2 Å². The van der Waals surface area contributed by atoms with Crippen molar-refractivity contribution in [3.63, 3.8) is 0 Å². The van der Waals surface area contributed by atoms with Crippen LogP contribution in [0, 0.1) is 5.92 Å². The van der Waals surface area contributed by atoms with Crippen molar-refractivity contribution in [2.24, 2.45) is 5.92 Å². The van der Waals surface area contributed by atoms with Crippen molar-refractivity contribution in [1.29, 1.82) is 0 Å². The molecule has 0 aliphatic carbocycles. The van der Waals surface area contributed by atoms with Crippen molar-refractivity contribution in [3.05, 3.63) is 22.9 Å². The largest absolute Gasteiger partial charge is 0.310 e. The van der Waals surface area contributed by atoms with Gasteiger partial charge in [-0.1, -0.05) is 15.9 Å². The molecule has 1 atom stereocenters. The molecule has 1 aliphatic rings. The van der Waals surface area contributed by atoms with E-state index in [1.54, 1.807) is 11.1 Å². The van der Waals surface area contributed by atoms with Crippen LogP contribution in [0.1, 0.15) is 6.42 Å². The summed E-state index contributed by atoms with van der Waals surface area (Å²) in [6.07, 6.45) is 2.32. The minimum absolute atomic E-state index is 0.174. The van der Waals surface area contributed by atoms with E-state index in [4.69, 9.17) is 0 Å². The Labute approximate surface area is 105 Å². The fourth-order valence-electron chi connectivity index (χ4n) is 1.70. The van der Waals surface area contributed by atoms with Crippen LogP contribution in [-0.4, -0.2) is 22.8 Å². The van der Waals surface area contributed by atoms with Crippen molar-refractivity contribution in [2.45, 2.75) is 6.42 Å². The molecule has 2 heterocycles. The zero-order valence-electron chi connectivity index (χ0n) is 7.99. The molecule has 0 saturated carbocycles. The summed E-state index contributed by atoms with van der Waals surface area (Å²) in [4.78, 5) is 17.7. The number of pyridine rings is 1. The minimum Gasteiger partial charge on any atom is -0.310 e. The first-order chi connectivity index (χ1) is 7.22. The predicted molar refractivity (Wildman–Crippen MR) is 66.2 cm³/mol. The molecule has 1 amide bonds. The van der Waals surface area contributed by atoms with Gasteiger partial charge >= 0.3 is 0 Å². The maximum atomic E-state index is 11.8. The normalized spacial score (nSPS) is 21.1. The van der Waals surface area contributed by atoms with E-state index in [1.165, 1.54) is 0 Å². The minimum atomic E-state index is 0.174. The molecular weight excluding hydrogens is 324 g/mol. The summed E-state index contributed by atoms with van der Waals surface area (Å²) in [7, 11) is 0. The summed E-state index contributed by atoms with van der Waals surface area (Å²) >= 11 is 6.77. The summed E-state index contributed by atoms with van der Waals surface area (Å²) in [5.41, 5.74) is 0.867. The molecule has 1 aromatic rings. The molecule has 0 aromatic carbocycles. The lowest BCUT2D eigenvalue weighted by atomic mass is 10.2. The van der Waals surface area contributed by atoms with Gasteiger partial charge in [0, 0.05) is 24.5 Å². The zero-order chi connectivity index (χ0) is 10.8. The molecule has 0 N–H and O–H groups in total. The van der Waals surface area contributed by atoms with Crippen LogP contribution in [0.25, 0.3) is 0 Å². The van der Waals surface area contributed by atoms with Gasteiger partial charge in [0.25, 0.3) is 0 Å². The smallest absolute Gasteiger partial charge is 0.227 e. The third kappa shape index (κ3) is 2.23. The van der Waals surface area contributed by atoms with E-state index >= 15 is 0 Å². The van der Waals surface area contributed by atoms with Gasteiger partial charge < -0.3 is 4.90 Å². The van der Waals surface area contributed by atoms with Gasteiger partial charge in [-0.3, -0.25) is 4.79 Å². The van der Waals surface area contributed by atoms with Gasteiger partial charge in [-0.05, 0) is 34.0 Å². The van der Waals surface area contributed by atoms with Crippen molar-refractivity contribution in [3.8, 4) is 0 Å².